The second-order valence-electron chi connectivity index (χ2n) is 17.4. The lowest BCUT2D eigenvalue weighted by molar-refractivity contribution is -0.384. The Morgan fingerprint density at radius 3 is 2.24 bits per heavy atom. The molecule has 4 aromatic carbocycles. The van der Waals surface area contributed by atoms with E-state index in [1.54, 1.807) is 47.4 Å². The summed E-state index contributed by atoms with van der Waals surface area (Å²) in [5, 5.41) is 13.2. The summed E-state index contributed by atoms with van der Waals surface area (Å²) in [4.78, 5) is 79.4. The summed E-state index contributed by atoms with van der Waals surface area (Å²) in [5.74, 6) is -0.904. The molecular weight excluding hydrogens is 843 g/mol. The zero-order chi connectivity index (χ0) is 45.7. The van der Waals surface area contributed by atoms with Crippen LogP contribution in [0.1, 0.15) is 95.2 Å². The maximum atomic E-state index is 13.7. The number of hydrogen-bond donors (Lipinski definition) is 1. The number of carbonyl (C=O) groups is 5. The number of nitro groups is 1. The van der Waals surface area contributed by atoms with Gasteiger partial charge in [-0.25, -0.2) is 0 Å². The van der Waals surface area contributed by atoms with Crippen LogP contribution in [-0.2, 0) is 25.7 Å². The largest absolute Gasteiger partial charge is 0.494 e. The number of hydrogen-bond acceptors (Lipinski definition) is 11. The van der Waals surface area contributed by atoms with Gasteiger partial charge in [0.05, 0.1) is 47.1 Å². The first-order valence-corrected chi connectivity index (χ1v) is 22.7. The van der Waals surface area contributed by atoms with Crippen molar-refractivity contribution in [2.24, 2.45) is 0 Å². The third kappa shape index (κ3) is 9.82. The zero-order valence-corrected chi connectivity index (χ0v) is 36.5. The van der Waals surface area contributed by atoms with Crippen LogP contribution < -0.4 is 19.7 Å². The van der Waals surface area contributed by atoms with E-state index in [-0.39, 0.29) is 53.9 Å². The summed E-state index contributed by atoms with van der Waals surface area (Å²) < 4.78 is 18.7. The van der Waals surface area contributed by atoms with Crippen LogP contribution in [0.2, 0.25) is 0 Å². The van der Waals surface area contributed by atoms with Crippen LogP contribution in [0.5, 0.6) is 11.5 Å². The molecule has 0 radical (unpaired) electrons. The SMILES string of the molecule is O=C1CCC(N2C(=O)c3ccc(OCCCCCN4CCC(OC5CC(Oc6ccc(CN7C(=O)C(=CC=Cc8ccc([N+](=O)[O-])cc8)c8ccccc87)cc6)C5)CC4)cc3C2=O)C(=O)N1. The number of unbranched alkanes of at least 4 members (excludes halogenated alkanes) is 2. The Balaban J connectivity index is 0.647. The molecule has 5 aliphatic rings. The highest BCUT2D eigenvalue weighted by atomic mass is 16.6. The molecule has 1 aliphatic carbocycles. The fourth-order valence-corrected chi connectivity index (χ4v) is 9.25. The van der Waals surface area contributed by atoms with Crippen LogP contribution in [0.25, 0.3) is 11.6 Å². The molecule has 1 atom stereocenters. The van der Waals surface area contributed by atoms with E-state index in [0.717, 1.165) is 97.6 Å². The molecule has 4 heterocycles. The number of carbonyl (C=O) groups excluding carboxylic acids is 5. The van der Waals surface area contributed by atoms with Gasteiger partial charge in [0.2, 0.25) is 11.8 Å². The summed E-state index contributed by atoms with van der Waals surface area (Å²) in [6.07, 6.45) is 12.8. The molecule has 0 bridgehead atoms. The minimum Gasteiger partial charge on any atom is -0.494 e. The van der Waals surface area contributed by atoms with Gasteiger partial charge in [0.25, 0.3) is 23.4 Å². The quantitative estimate of drug-likeness (QED) is 0.0371. The Kier molecular flexibility index (Phi) is 13.2. The van der Waals surface area contributed by atoms with Gasteiger partial charge in [-0.15, -0.1) is 0 Å². The van der Waals surface area contributed by atoms with Crippen molar-refractivity contribution in [3.63, 3.8) is 0 Å². The fraction of sp³-hybridized carbons (Fsp3) is 0.353. The number of nitrogens with one attached hydrogen (secondary N) is 1. The molecule has 4 aliphatic heterocycles. The average molecular weight is 894 g/mol. The van der Waals surface area contributed by atoms with Crippen LogP contribution in [0.4, 0.5) is 11.4 Å². The smallest absolute Gasteiger partial charge is 0.269 e. The number of nitro benzene ring substituents is 1. The Morgan fingerprint density at radius 2 is 1.48 bits per heavy atom. The highest BCUT2D eigenvalue weighted by Gasteiger charge is 2.45. The number of fused-ring (bicyclic) bond motifs is 2. The van der Waals surface area contributed by atoms with E-state index in [1.165, 1.54) is 12.1 Å². The van der Waals surface area contributed by atoms with Crippen molar-refractivity contribution in [2.45, 2.75) is 88.7 Å². The van der Waals surface area contributed by atoms with E-state index in [4.69, 9.17) is 14.2 Å². The minimum atomic E-state index is -0.994. The summed E-state index contributed by atoms with van der Waals surface area (Å²) in [5.41, 5.74) is 4.56. The third-order valence-electron chi connectivity index (χ3n) is 13.0. The first kappa shape index (κ1) is 44.2. The van der Waals surface area contributed by atoms with Gasteiger partial charge in [0.15, 0.2) is 0 Å². The van der Waals surface area contributed by atoms with Crippen molar-refractivity contribution in [3.05, 3.63) is 141 Å². The van der Waals surface area contributed by atoms with Gasteiger partial charge in [-0.3, -0.25) is 44.3 Å². The van der Waals surface area contributed by atoms with Crippen molar-refractivity contribution in [3.8, 4) is 11.5 Å². The van der Waals surface area contributed by atoms with Gasteiger partial charge in [-0.05, 0) is 111 Å². The van der Waals surface area contributed by atoms with Gasteiger partial charge in [-0.1, -0.05) is 42.5 Å². The average Bonchev–Trinajstić information content (AvgIpc) is 3.71. The van der Waals surface area contributed by atoms with Gasteiger partial charge in [0, 0.05) is 55.6 Å². The second kappa shape index (κ2) is 19.6. The number of likely N-dealkylation sites (tertiary alicyclic amines) is 1. The Labute approximate surface area is 382 Å². The van der Waals surface area contributed by atoms with Gasteiger partial charge < -0.3 is 24.0 Å². The zero-order valence-electron chi connectivity index (χ0n) is 36.5. The molecule has 0 spiro atoms. The molecule has 2 saturated heterocycles. The second-order valence-corrected chi connectivity index (χ2v) is 17.4. The number of allylic oxidation sites excluding steroid dienone is 2. The molecule has 9 rings (SSSR count). The highest BCUT2D eigenvalue weighted by Crippen LogP contribution is 2.38. The number of benzene rings is 4. The predicted octanol–water partition coefficient (Wildman–Crippen LogP) is 7.28. The van der Waals surface area contributed by atoms with Gasteiger partial charge in [0.1, 0.15) is 23.6 Å². The van der Waals surface area contributed by atoms with Crippen LogP contribution in [-0.4, -0.2) is 94.9 Å². The van der Waals surface area contributed by atoms with E-state index in [9.17, 15) is 34.1 Å². The number of para-hydroxylation sites is 1. The van der Waals surface area contributed by atoms with Crippen molar-refractivity contribution < 1.29 is 43.1 Å². The lowest BCUT2D eigenvalue weighted by atomic mass is 9.91. The number of rotatable bonds is 17. The number of non-ortho nitro benzene ring substituents is 1. The number of imide groups is 2. The van der Waals surface area contributed by atoms with Crippen molar-refractivity contribution in [1.82, 2.24) is 15.1 Å². The maximum absolute atomic E-state index is 13.7. The highest BCUT2D eigenvalue weighted by molar-refractivity contribution is 6.32. The number of amides is 5. The molecule has 340 valence electrons. The van der Waals surface area contributed by atoms with Crippen molar-refractivity contribution in [1.29, 1.82) is 0 Å². The lowest BCUT2D eigenvalue weighted by Crippen LogP contribution is -2.54. The monoisotopic (exact) mass is 893 g/mol. The van der Waals surface area contributed by atoms with E-state index >= 15 is 0 Å². The topological polar surface area (TPSA) is 178 Å². The molecule has 15 nitrogen and oxygen atoms in total. The lowest BCUT2D eigenvalue weighted by Gasteiger charge is -2.40. The maximum Gasteiger partial charge on any atom is 0.269 e. The van der Waals surface area contributed by atoms with Crippen LogP contribution in [0, 0.1) is 10.1 Å². The molecular formula is C51H51N5O10. The normalized spacial score (nSPS) is 21.6. The van der Waals surface area contributed by atoms with Gasteiger partial charge >= 0.3 is 0 Å². The Bertz CT molecular complexity index is 2580. The van der Waals surface area contributed by atoms with Gasteiger partial charge in [-0.2, -0.15) is 0 Å². The molecule has 0 aromatic heterocycles. The third-order valence-corrected chi connectivity index (χ3v) is 13.0. The molecule has 1 unspecified atom stereocenters. The first-order chi connectivity index (χ1) is 32.1. The number of nitrogens with zero attached hydrogens (tertiary/aromatic N) is 4. The molecule has 1 N–H and O–H groups in total. The summed E-state index contributed by atoms with van der Waals surface area (Å²) >= 11 is 0. The Hall–Kier alpha value is -6.97. The molecule has 1 saturated carbocycles. The van der Waals surface area contributed by atoms with Crippen LogP contribution >= 0.6 is 0 Å². The molecule has 15 heteroatoms. The predicted molar refractivity (Wildman–Crippen MR) is 245 cm³/mol. The first-order valence-electron chi connectivity index (χ1n) is 22.7. The van der Waals surface area contributed by atoms with E-state index in [0.29, 0.717) is 24.5 Å². The number of anilines is 1. The van der Waals surface area contributed by atoms with Crippen LogP contribution in [0.3, 0.4) is 0 Å². The minimum absolute atomic E-state index is 0.0294. The van der Waals surface area contributed by atoms with Crippen LogP contribution in [0.15, 0.2) is 103 Å². The van der Waals surface area contributed by atoms with E-state index in [1.807, 2.05) is 54.6 Å². The summed E-state index contributed by atoms with van der Waals surface area (Å²) in [7, 11) is 0. The van der Waals surface area contributed by atoms with Crippen molar-refractivity contribution in [2.75, 3.05) is 31.1 Å². The summed E-state index contributed by atoms with van der Waals surface area (Å²) in [6.45, 7) is 3.92. The fourth-order valence-electron chi connectivity index (χ4n) is 9.25. The molecule has 4 aromatic rings. The number of piperidine rings is 2. The molecule has 3 fully saturated rings. The van der Waals surface area contributed by atoms with Crippen molar-refractivity contribution >= 4 is 52.6 Å². The standard InChI is InChI=1S/C51H51N5O10/c57-47-22-21-46(48(58)52-47)55-50(60)43-20-19-38(31-44(43)51(55)61)64-28-5-1-4-25-53-26-23-37(24-27-53)66-40-29-39(30-40)65-36-17-13-34(14-18-36)32-54-45-10-3-2-8-41(45)42(49(54)59)9-6-7-33-11-15-35(16-12-33)56(62)63/h2-3,6-20,31,37,39-40,46H,1,4-5,21-30,32H2,(H,52,57,58). The summed E-state index contributed by atoms with van der Waals surface area (Å²) in [6, 6.07) is 25.7. The van der Waals surface area contributed by atoms with E-state index < -0.39 is 34.6 Å². The number of ether oxygens (including phenoxy) is 3. The molecule has 66 heavy (non-hydrogen) atoms. The molecule has 5 amide bonds. The Morgan fingerprint density at radius 1 is 0.742 bits per heavy atom. The van der Waals surface area contributed by atoms with E-state index in [2.05, 4.69) is 10.2 Å².